The van der Waals surface area contributed by atoms with Gasteiger partial charge in [0.25, 0.3) is 6.47 Å². The second-order valence-corrected chi connectivity index (χ2v) is 4.67. The van der Waals surface area contributed by atoms with E-state index in [1.807, 2.05) is 55.5 Å². The summed E-state index contributed by atoms with van der Waals surface area (Å²) < 4.78 is 0. The lowest BCUT2D eigenvalue weighted by molar-refractivity contribution is -0.122. The molecule has 0 unspecified atom stereocenters. The Morgan fingerprint density at radius 1 is 0.808 bits per heavy atom. The van der Waals surface area contributed by atoms with E-state index in [2.05, 4.69) is 0 Å². The van der Waals surface area contributed by atoms with E-state index in [-0.39, 0.29) is 12.3 Å². The largest absolute Gasteiger partial charge is 0.483 e. The van der Waals surface area contributed by atoms with Crippen molar-refractivity contribution in [3.8, 4) is 0 Å². The zero-order chi connectivity index (χ0) is 19.8. The van der Waals surface area contributed by atoms with E-state index in [1.165, 1.54) is 6.08 Å². The number of rotatable bonds is 5. The molecule has 0 heterocycles. The predicted octanol–water partition coefficient (Wildman–Crippen LogP) is 3.47. The number of carbonyl (C=O) groups excluding carboxylic acids is 2. The molecule has 2 aromatic carbocycles. The van der Waals surface area contributed by atoms with Crippen molar-refractivity contribution >= 4 is 30.7 Å². The van der Waals surface area contributed by atoms with Crippen LogP contribution in [0.15, 0.2) is 60.7 Å². The average Bonchev–Trinajstić information content (AvgIpc) is 2.69. The normalized spacial score (nSPS) is 9.65. The number of aliphatic hydroxyl groups is 1. The molecule has 0 saturated heterocycles. The van der Waals surface area contributed by atoms with Gasteiger partial charge in [-0.3, -0.25) is 14.4 Å². The van der Waals surface area contributed by atoms with Gasteiger partial charge < -0.3 is 10.2 Å². The summed E-state index contributed by atoms with van der Waals surface area (Å²) in [5, 5.41) is 13.9. The van der Waals surface area contributed by atoms with Gasteiger partial charge in [0.1, 0.15) is 6.29 Å². The van der Waals surface area contributed by atoms with Crippen LogP contribution < -0.4 is 0 Å². The van der Waals surface area contributed by atoms with Crippen LogP contribution in [0.3, 0.4) is 0 Å². The van der Waals surface area contributed by atoms with Crippen molar-refractivity contribution in [1.82, 2.24) is 0 Å². The van der Waals surface area contributed by atoms with E-state index in [0.717, 1.165) is 24.5 Å². The number of ketones is 1. The Hall–Kier alpha value is -3.31. The number of allylic oxidation sites excluding steroid dienone is 2. The third-order valence-corrected chi connectivity index (χ3v) is 3.07. The van der Waals surface area contributed by atoms with Crippen molar-refractivity contribution in [3.05, 3.63) is 82.9 Å². The summed E-state index contributed by atoms with van der Waals surface area (Å²) in [4.78, 5) is 31.0. The number of hydrogen-bond acceptors (Lipinski definition) is 4. The molecule has 0 fully saturated rings. The number of aldehydes is 1. The Morgan fingerprint density at radius 2 is 1.19 bits per heavy atom. The molecule has 0 aliphatic heterocycles. The molecular formula is C21H22O5. The molecule has 0 aromatic heterocycles. The Morgan fingerprint density at radius 3 is 1.54 bits per heavy atom. The number of carbonyl (C=O) groups is 3. The third-order valence-electron chi connectivity index (χ3n) is 3.07. The zero-order valence-corrected chi connectivity index (χ0v) is 14.7. The van der Waals surface area contributed by atoms with Crippen LogP contribution in [-0.2, 0) is 9.59 Å². The first-order valence-corrected chi connectivity index (χ1v) is 7.68. The van der Waals surface area contributed by atoms with Crippen LogP contribution in [0.1, 0.15) is 34.0 Å². The maximum atomic E-state index is 12.3. The summed E-state index contributed by atoms with van der Waals surface area (Å²) in [5.74, 6) is -0.00653. The summed E-state index contributed by atoms with van der Waals surface area (Å²) in [7, 11) is 1.00. The standard InChI is InChI=1S/C19H16O2.CH2O2.CH4O/c1-2-4-15-6-10-17(11-7-15)19(21)18-12-8-16(9-13-18)5-3-14-20;2-1-3;1-2/h2-14H,1H3;1H,(H,2,3);2H,1H3/b4-2+,5-3+;;. The molecule has 0 atom stereocenters. The van der Waals surface area contributed by atoms with Gasteiger partial charge in [-0.25, -0.2) is 0 Å². The van der Waals surface area contributed by atoms with Crippen molar-refractivity contribution < 1.29 is 24.6 Å². The van der Waals surface area contributed by atoms with Gasteiger partial charge in [0.2, 0.25) is 0 Å². The maximum absolute atomic E-state index is 12.3. The number of aliphatic hydroxyl groups excluding tert-OH is 1. The molecule has 2 rings (SSSR count). The molecule has 5 nitrogen and oxygen atoms in total. The number of hydrogen-bond donors (Lipinski definition) is 2. The number of carboxylic acid groups (broad SMARTS) is 1. The minimum absolute atomic E-state index is 0.00653. The highest BCUT2D eigenvalue weighted by Crippen LogP contribution is 2.13. The smallest absolute Gasteiger partial charge is 0.290 e. The molecule has 0 radical (unpaired) electrons. The van der Waals surface area contributed by atoms with E-state index in [4.69, 9.17) is 15.0 Å². The van der Waals surface area contributed by atoms with E-state index < -0.39 is 0 Å². The highest BCUT2D eigenvalue weighted by Gasteiger charge is 2.08. The zero-order valence-electron chi connectivity index (χ0n) is 14.7. The summed E-state index contributed by atoms with van der Waals surface area (Å²) in [6.07, 6.45) is 7.81. The van der Waals surface area contributed by atoms with E-state index in [9.17, 15) is 9.59 Å². The van der Waals surface area contributed by atoms with Gasteiger partial charge in [-0.05, 0) is 24.1 Å². The van der Waals surface area contributed by atoms with Gasteiger partial charge in [-0.15, -0.1) is 0 Å². The topological polar surface area (TPSA) is 91.7 Å². The van der Waals surface area contributed by atoms with Crippen LogP contribution in [0.4, 0.5) is 0 Å². The summed E-state index contributed by atoms with van der Waals surface area (Å²) >= 11 is 0. The minimum atomic E-state index is -0.250. The van der Waals surface area contributed by atoms with Gasteiger partial charge >= 0.3 is 0 Å². The van der Waals surface area contributed by atoms with E-state index in [0.29, 0.717) is 11.1 Å². The van der Waals surface area contributed by atoms with Gasteiger partial charge in [-0.1, -0.05) is 66.8 Å². The van der Waals surface area contributed by atoms with E-state index in [1.54, 1.807) is 18.2 Å². The first-order valence-electron chi connectivity index (χ1n) is 7.68. The van der Waals surface area contributed by atoms with E-state index >= 15 is 0 Å². The molecule has 2 N–H and O–H groups in total. The van der Waals surface area contributed by atoms with Gasteiger partial charge in [0.05, 0.1) is 0 Å². The minimum Gasteiger partial charge on any atom is -0.483 e. The fourth-order valence-corrected chi connectivity index (χ4v) is 2.00. The Kier molecular flexibility index (Phi) is 12.3. The van der Waals surface area contributed by atoms with Gasteiger partial charge in [-0.2, -0.15) is 0 Å². The monoisotopic (exact) mass is 354 g/mol. The molecule has 5 heteroatoms. The lowest BCUT2D eigenvalue weighted by Crippen LogP contribution is -2.00. The van der Waals surface area contributed by atoms with Crippen LogP contribution in [0, 0.1) is 0 Å². The van der Waals surface area contributed by atoms with Crippen molar-refractivity contribution in [3.63, 3.8) is 0 Å². The SMILES string of the molecule is C/C=C/c1ccc(C(=O)c2ccc(/C=C/C=O)cc2)cc1.CO.O=CO. The van der Waals surface area contributed by atoms with Gasteiger partial charge in [0.15, 0.2) is 5.78 Å². The molecule has 0 saturated carbocycles. The summed E-state index contributed by atoms with van der Waals surface area (Å²) in [5.41, 5.74) is 3.27. The highest BCUT2D eigenvalue weighted by molar-refractivity contribution is 6.09. The van der Waals surface area contributed by atoms with Crippen LogP contribution >= 0.6 is 0 Å². The lowest BCUT2D eigenvalue weighted by atomic mass is 10.0. The summed E-state index contributed by atoms with van der Waals surface area (Å²) in [6, 6.07) is 14.7. The Balaban J connectivity index is 0.00000113. The van der Waals surface area contributed by atoms with Gasteiger partial charge in [0, 0.05) is 18.2 Å². The third kappa shape index (κ3) is 7.99. The maximum Gasteiger partial charge on any atom is 0.290 e. The first-order chi connectivity index (χ1) is 12.7. The quantitative estimate of drug-likeness (QED) is 0.487. The fourth-order valence-electron chi connectivity index (χ4n) is 2.00. The molecule has 0 aliphatic rings. The predicted molar refractivity (Wildman–Crippen MR) is 103 cm³/mol. The van der Waals surface area contributed by atoms with Crippen molar-refractivity contribution in [2.24, 2.45) is 0 Å². The molecule has 0 amide bonds. The molecule has 2 aromatic rings. The van der Waals surface area contributed by atoms with Crippen molar-refractivity contribution in [2.75, 3.05) is 7.11 Å². The first kappa shape index (κ1) is 22.7. The number of benzene rings is 2. The Bertz CT molecular complexity index is 726. The Labute approximate surface area is 152 Å². The fraction of sp³-hybridized carbons (Fsp3) is 0.0952. The second-order valence-electron chi connectivity index (χ2n) is 4.67. The van der Waals surface area contributed by atoms with Crippen LogP contribution in [0.25, 0.3) is 12.2 Å². The van der Waals surface area contributed by atoms with Crippen LogP contribution in [0.2, 0.25) is 0 Å². The highest BCUT2D eigenvalue weighted by atomic mass is 16.3. The van der Waals surface area contributed by atoms with Crippen molar-refractivity contribution in [2.45, 2.75) is 6.92 Å². The average molecular weight is 354 g/mol. The van der Waals surface area contributed by atoms with Crippen LogP contribution in [-0.4, -0.2) is 35.9 Å². The van der Waals surface area contributed by atoms with Crippen LogP contribution in [0.5, 0.6) is 0 Å². The molecule has 26 heavy (non-hydrogen) atoms. The van der Waals surface area contributed by atoms with Crippen molar-refractivity contribution in [1.29, 1.82) is 0 Å². The summed E-state index contributed by atoms with van der Waals surface area (Å²) in [6.45, 7) is 1.71. The molecule has 0 aliphatic carbocycles. The molecular weight excluding hydrogens is 332 g/mol. The molecule has 0 spiro atoms. The molecule has 0 bridgehead atoms. The lowest BCUT2D eigenvalue weighted by Gasteiger charge is -2.03. The second kappa shape index (κ2) is 14.1. The molecule has 136 valence electrons.